The average Bonchev–Trinajstić information content (AvgIpc) is 2.82. The lowest BCUT2D eigenvalue weighted by Gasteiger charge is -2.09. The second kappa shape index (κ2) is 6.52. The van der Waals surface area contributed by atoms with Gasteiger partial charge < -0.3 is 10.6 Å². The number of hydrogen-bond donors (Lipinski definition) is 2. The monoisotopic (exact) mass is 289 g/mol. The molecule has 2 N–H and O–H groups in total. The van der Waals surface area contributed by atoms with Crippen LogP contribution in [-0.2, 0) is 6.54 Å². The average molecular weight is 289 g/mol. The van der Waals surface area contributed by atoms with Gasteiger partial charge in [0.2, 0.25) is 0 Å². The molecule has 0 saturated heterocycles. The molecule has 0 saturated carbocycles. The van der Waals surface area contributed by atoms with E-state index in [-0.39, 0.29) is 11.9 Å². The van der Waals surface area contributed by atoms with Crippen molar-refractivity contribution in [2.24, 2.45) is 0 Å². The standard InChI is InChI=1S/C15H19N3OS/c1-10(2)18-15(19)12-4-6-13(7-5-12)17-9-14-8-16-11(3)20-14/h4-8,10,17H,9H2,1-3H3,(H,18,19). The van der Waals surface area contributed by atoms with E-state index in [0.717, 1.165) is 17.2 Å². The molecule has 106 valence electrons. The molecule has 1 heterocycles. The molecule has 0 aliphatic rings. The smallest absolute Gasteiger partial charge is 0.251 e. The Bertz CT molecular complexity index is 575. The molecule has 4 nitrogen and oxygen atoms in total. The van der Waals surface area contributed by atoms with Gasteiger partial charge in [-0.25, -0.2) is 4.98 Å². The largest absolute Gasteiger partial charge is 0.380 e. The second-order valence-electron chi connectivity index (χ2n) is 4.90. The quantitative estimate of drug-likeness (QED) is 0.888. The first kappa shape index (κ1) is 14.5. The fourth-order valence-corrected chi connectivity index (χ4v) is 2.50. The molecular weight excluding hydrogens is 270 g/mol. The number of benzene rings is 1. The normalized spacial score (nSPS) is 10.6. The molecule has 0 unspecified atom stereocenters. The molecule has 2 rings (SSSR count). The summed E-state index contributed by atoms with van der Waals surface area (Å²) >= 11 is 1.68. The number of anilines is 1. The molecule has 0 spiro atoms. The van der Waals surface area contributed by atoms with Gasteiger partial charge in [0, 0.05) is 28.4 Å². The molecule has 0 aliphatic carbocycles. The Morgan fingerprint density at radius 2 is 2.00 bits per heavy atom. The summed E-state index contributed by atoms with van der Waals surface area (Å²) in [4.78, 5) is 17.2. The van der Waals surface area contributed by atoms with Crippen LogP contribution in [0.5, 0.6) is 0 Å². The van der Waals surface area contributed by atoms with Crippen LogP contribution in [0.15, 0.2) is 30.5 Å². The first-order chi connectivity index (χ1) is 9.54. The van der Waals surface area contributed by atoms with Crippen molar-refractivity contribution in [3.05, 3.63) is 45.9 Å². The minimum absolute atomic E-state index is 0.0374. The maximum Gasteiger partial charge on any atom is 0.251 e. The Labute approximate surface area is 123 Å². The molecule has 1 aromatic carbocycles. The fraction of sp³-hybridized carbons (Fsp3) is 0.333. The van der Waals surface area contributed by atoms with E-state index < -0.39 is 0 Å². The highest BCUT2D eigenvalue weighted by Gasteiger charge is 2.06. The van der Waals surface area contributed by atoms with Crippen LogP contribution < -0.4 is 10.6 Å². The Kier molecular flexibility index (Phi) is 4.74. The second-order valence-corrected chi connectivity index (χ2v) is 6.22. The summed E-state index contributed by atoms with van der Waals surface area (Å²) in [6.45, 7) is 6.65. The molecule has 0 aliphatic heterocycles. The topological polar surface area (TPSA) is 54.0 Å². The predicted octanol–water partition coefficient (Wildman–Crippen LogP) is 3.20. The summed E-state index contributed by atoms with van der Waals surface area (Å²) in [5.74, 6) is -0.0374. The summed E-state index contributed by atoms with van der Waals surface area (Å²) in [5.41, 5.74) is 1.68. The fourth-order valence-electron chi connectivity index (χ4n) is 1.76. The number of carbonyl (C=O) groups excluding carboxylic acids is 1. The zero-order valence-electron chi connectivity index (χ0n) is 11.9. The van der Waals surface area contributed by atoms with Crippen LogP contribution in [0.2, 0.25) is 0 Å². The lowest BCUT2D eigenvalue weighted by atomic mass is 10.2. The van der Waals surface area contributed by atoms with Crippen LogP contribution in [0.25, 0.3) is 0 Å². The highest BCUT2D eigenvalue weighted by molar-refractivity contribution is 7.11. The van der Waals surface area contributed by atoms with Crippen LogP contribution in [0, 0.1) is 6.92 Å². The van der Waals surface area contributed by atoms with E-state index in [2.05, 4.69) is 15.6 Å². The third-order valence-corrected chi connectivity index (χ3v) is 3.62. The van der Waals surface area contributed by atoms with Gasteiger partial charge in [0.25, 0.3) is 5.91 Å². The van der Waals surface area contributed by atoms with E-state index in [1.54, 1.807) is 11.3 Å². The van der Waals surface area contributed by atoms with Gasteiger partial charge >= 0.3 is 0 Å². The van der Waals surface area contributed by atoms with Crippen molar-refractivity contribution in [2.75, 3.05) is 5.32 Å². The molecule has 0 atom stereocenters. The van der Waals surface area contributed by atoms with Crippen molar-refractivity contribution < 1.29 is 4.79 Å². The molecule has 0 fully saturated rings. The molecule has 0 radical (unpaired) electrons. The highest BCUT2D eigenvalue weighted by atomic mass is 32.1. The van der Waals surface area contributed by atoms with Crippen molar-refractivity contribution in [1.82, 2.24) is 10.3 Å². The van der Waals surface area contributed by atoms with Crippen LogP contribution in [0.3, 0.4) is 0 Å². The van der Waals surface area contributed by atoms with Crippen molar-refractivity contribution in [2.45, 2.75) is 33.4 Å². The van der Waals surface area contributed by atoms with Crippen molar-refractivity contribution in [1.29, 1.82) is 0 Å². The summed E-state index contributed by atoms with van der Waals surface area (Å²) in [7, 11) is 0. The Balaban J connectivity index is 1.93. The van der Waals surface area contributed by atoms with Crippen molar-refractivity contribution in [3.8, 4) is 0 Å². The van der Waals surface area contributed by atoms with E-state index in [1.165, 1.54) is 4.88 Å². The molecule has 1 amide bonds. The van der Waals surface area contributed by atoms with E-state index >= 15 is 0 Å². The lowest BCUT2D eigenvalue weighted by Crippen LogP contribution is -2.29. The number of thiazole rings is 1. The van der Waals surface area contributed by atoms with Gasteiger partial charge in [0.1, 0.15) is 0 Å². The molecule has 0 bridgehead atoms. The number of rotatable bonds is 5. The van der Waals surface area contributed by atoms with Crippen LogP contribution in [0.4, 0.5) is 5.69 Å². The van der Waals surface area contributed by atoms with Gasteiger partial charge in [-0.15, -0.1) is 11.3 Å². The molecule has 5 heteroatoms. The molecule has 20 heavy (non-hydrogen) atoms. The summed E-state index contributed by atoms with van der Waals surface area (Å²) in [6, 6.07) is 7.65. The molecule has 1 aromatic heterocycles. The number of nitrogens with zero attached hydrogens (tertiary/aromatic N) is 1. The zero-order chi connectivity index (χ0) is 14.5. The highest BCUT2D eigenvalue weighted by Crippen LogP contribution is 2.15. The van der Waals surface area contributed by atoms with Crippen LogP contribution >= 0.6 is 11.3 Å². The van der Waals surface area contributed by atoms with Gasteiger partial charge in [-0.05, 0) is 45.0 Å². The van der Waals surface area contributed by atoms with Gasteiger partial charge in [-0.2, -0.15) is 0 Å². The van der Waals surface area contributed by atoms with E-state index in [4.69, 9.17) is 0 Å². The third-order valence-electron chi connectivity index (χ3n) is 2.70. The number of aryl methyl sites for hydroxylation is 1. The first-order valence-electron chi connectivity index (χ1n) is 6.60. The van der Waals surface area contributed by atoms with Gasteiger partial charge in [0.05, 0.1) is 11.6 Å². The number of hydrogen-bond acceptors (Lipinski definition) is 4. The van der Waals surface area contributed by atoms with E-state index in [9.17, 15) is 4.79 Å². The predicted molar refractivity (Wildman–Crippen MR) is 83.2 cm³/mol. The van der Waals surface area contributed by atoms with Crippen LogP contribution in [-0.4, -0.2) is 16.9 Å². The zero-order valence-corrected chi connectivity index (χ0v) is 12.8. The lowest BCUT2D eigenvalue weighted by molar-refractivity contribution is 0.0943. The van der Waals surface area contributed by atoms with Gasteiger partial charge in [0.15, 0.2) is 0 Å². The molecular formula is C15H19N3OS. The number of carbonyl (C=O) groups is 1. The minimum atomic E-state index is -0.0374. The Hall–Kier alpha value is -1.88. The summed E-state index contributed by atoms with van der Waals surface area (Å²) in [6.07, 6.45) is 1.89. The number of nitrogens with one attached hydrogen (secondary N) is 2. The Morgan fingerprint density at radius 3 is 2.55 bits per heavy atom. The third kappa shape index (κ3) is 4.06. The number of amides is 1. The van der Waals surface area contributed by atoms with Gasteiger partial charge in [-0.3, -0.25) is 4.79 Å². The van der Waals surface area contributed by atoms with Crippen molar-refractivity contribution in [3.63, 3.8) is 0 Å². The number of aromatic nitrogens is 1. The maximum atomic E-state index is 11.8. The van der Waals surface area contributed by atoms with Crippen molar-refractivity contribution >= 4 is 22.9 Å². The first-order valence-corrected chi connectivity index (χ1v) is 7.42. The Morgan fingerprint density at radius 1 is 1.30 bits per heavy atom. The van der Waals surface area contributed by atoms with Crippen LogP contribution in [0.1, 0.15) is 34.1 Å². The molecule has 2 aromatic rings. The van der Waals surface area contributed by atoms with E-state index in [1.807, 2.05) is 51.2 Å². The SMILES string of the molecule is Cc1ncc(CNc2ccc(C(=O)NC(C)C)cc2)s1. The summed E-state index contributed by atoms with van der Waals surface area (Å²) in [5, 5.41) is 7.26. The maximum absolute atomic E-state index is 11.8. The minimum Gasteiger partial charge on any atom is -0.380 e. The summed E-state index contributed by atoms with van der Waals surface area (Å²) < 4.78 is 0. The van der Waals surface area contributed by atoms with Gasteiger partial charge in [-0.1, -0.05) is 0 Å². The van der Waals surface area contributed by atoms with E-state index in [0.29, 0.717) is 5.56 Å².